The molecule has 1 aliphatic rings. The van der Waals surface area contributed by atoms with E-state index < -0.39 is 6.61 Å². The molecule has 0 atom stereocenters. The number of hydrogen-bond donors (Lipinski definition) is 1. The maximum atomic E-state index is 12.4. The molecule has 1 aromatic carbocycles. The van der Waals surface area contributed by atoms with Gasteiger partial charge in [0.1, 0.15) is 0 Å². The van der Waals surface area contributed by atoms with Crippen molar-refractivity contribution in [3.05, 3.63) is 23.8 Å². The second-order valence-corrected chi connectivity index (χ2v) is 5.87. The summed E-state index contributed by atoms with van der Waals surface area (Å²) in [5, 5.41) is 3.23. The van der Waals surface area contributed by atoms with Crippen LogP contribution in [0.3, 0.4) is 0 Å². The van der Waals surface area contributed by atoms with Crippen LogP contribution in [0.1, 0.15) is 25.3 Å². The molecule has 0 spiro atoms. The lowest BCUT2D eigenvalue weighted by Gasteiger charge is -2.32. The van der Waals surface area contributed by atoms with E-state index in [1.807, 2.05) is 20.0 Å². The highest BCUT2D eigenvalue weighted by molar-refractivity contribution is 5.43. The van der Waals surface area contributed by atoms with E-state index in [9.17, 15) is 8.78 Å². The zero-order valence-corrected chi connectivity index (χ0v) is 13.9. The van der Waals surface area contributed by atoms with Gasteiger partial charge in [0.05, 0.1) is 6.61 Å². The standard InChI is InChI=1S/C17H26F2N2O2/c1-3-22-16-10-14(4-5-15(16)23-17(18)19)12-21-8-6-13(7-9-21)11-20-2/h4-5,10,13,17,20H,3,6-9,11-12H2,1-2H3. The minimum Gasteiger partial charge on any atom is -0.490 e. The van der Waals surface area contributed by atoms with E-state index in [1.54, 1.807) is 12.1 Å². The molecular weight excluding hydrogens is 302 g/mol. The normalized spacial score (nSPS) is 16.7. The Hall–Kier alpha value is -1.40. The molecule has 1 fully saturated rings. The molecule has 0 aromatic heterocycles. The summed E-state index contributed by atoms with van der Waals surface area (Å²) in [7, 11) is 1.99. The number of hydrogen-bond acceptors (Lipinski definition) is 4. The molecule has 0 amide bonds. The minimum absolute atomic E-state index is 0.0957. The lowest BCUT2D eigenvalue weighted by Crippen LogP contribution is -2.36. The van der Waals surface area contributed by atoms with Gasteiger partial charge in [0, 0.05) is 6.54 Å². The average molecular weight is 328 g/mol. The molecule has 6 heteroatoms. The smallest absolute Gasteiger partial charge is 0.387 e. The van der Waals surface area contributed by atoms with Crippen LogP contribution in [0.2, 0.25) is 0 Å². The number of likely N-dealkylation sites (tertiary alicyclic amines) is 1. The van der Waals surface area contributed by atoms with Crippen molar-refractivity contribution >= 4 is 0 Å². The maximum Gasteiger partial charge on any atom is 0.387 e. The Labute approximate surface area is 136 Å². The van der Waals surface area contributed by atoms with Crippen LogP contribution in [0.4, 0.5) is 8.78 Å². The summed E-state index contributed by atoms with van der Waals surface area (Å²) in [4.78, 5) is 2.39. The van der Waals surface area contributed by atoms with Gasteiger partial charge in [-0.25, -0.2) is 0 Å². The second kappa shape index (κ2) is 9.03. The van der Waals surface area contributed by atoms with E-state index in [-0.39, 0.29) is 5.75 Å². The molecule has 0 bridgehead atoms. The van der Waals surface area contributed by atoms with Crippen LogP contribution in [0.25, 0.3) is 0 Å². The lowest BCUT2D eigenvalue weighted by atomic mass is 9.96. The first-order valence-corrected chi connectivity index (χ1v) is 8.19. The van der Waals surface area contributed by atoms with Crippen molar-refractivity contribution in [3.8, 4) is 11.5 Å². The highest BCUT2D eigenvalue weighted by atomic mass is 19.3. The summed E-state index contributed by atoms with van der Waals surface area (Å²) in [6, 6.07) is 5.21. The third-order valence-corrected chi connectivity index (χ3v) is 4.13. The first-order chi connectivity index (χ1) is 11.1. The third kappa shape index (κ3) is 5.62. The Balaban J connectivity index is 1.96. The van der Waals surface area contributed by atoms with Crippen molar-refractivity contribution in [2.75, 3.05) is 33.3 Å². The molecule has 130 valence electrons. The van der Waals surface area contributed by atoms with Crippen LogP contribution in [0, 0.1) is 5.92 Å². The van der Waals surface area contributed by atoms with Crippen LogP contribution in [-0.4, -0.2) is 44.8 Å². The summed E-state index contributed by atoms with van der Waals surface area (Å²) in [5.74, 6) is 1.23. The number of benzene rings is 1. The zero-order chi connectivity index (χ0) is 16.7. The highest BCUT2D eigenvalue weighted by Gasteiger charge is 2.19. The second-order valence-electron chi connectivity index (χ2n) is 5.87. The average Bonchev–Trinajstić information content (AvgIpc) is 2.52. The Morgan fingerprint density at radius 2 is 2.00 bits per heavy atom. The van der Waals surface area contributed by atoms with Gasteiger partial charge in [-0.3, -0.25) is 4.90 Å². The highest BCUT2D eigenvalue weighted by Crippen LogP contribution is 2.30. The summed E-state index contributed by atoms with van der Waals surface area (Å²) in [5.41, 5.74) is 1.06. The minimum atomic E-state index is -2.84. The van der Waals surface area contributed by atoms with Gasteiger partial charge in [0.15, 0.2) is 11.5 Å². The van der Waals surface area contributed by atoms with E-state index in [0.29, 0.717) is 12.4 Å². The van der Waals surface area contributed by atoms with Gasteiger partial charge in [-0.2, -0.15) is 8.78 Å². The number of nitrogens with one attached hydrogen (secondary N) is 1. The third-order valence-electron chi connectivity index (χ3n) is 4.13. The van der Waals surface area contributed by atoms with Crippen molar-refractivity contribution in [1.82, 2.24) is 10.2 Å². The van der Waals surface area contributed by atoms with Gasteiger partial charge in [-0.15, -0.1) is 0 Å². The first kappa shape index (κ1) is 17.9. The largest absolute Gasteiger partial charge is 0.490 e. The number of piperidine rings is 1. The Morgan fingerprint density at radius 1 is 1.26 bits per heavy atom. The van der Waals surface area contributed by atoms with Crippen molar-refractivity contribution in [1.29, 1.82) is 0 Å². The number of halogens is 2. The molecule has 1 saturated heterocycles. The lowest BCUT2D eigenvalue weighted by molar-refractivity contribution is -0.0514. The molecule has 2 rings (SSSR count). The van der Waals surface area contributed by atoms with Gasteiger partial charge >= 0.3 is 6.61 Å². The van der Waals surface area contributed by atoms with Gasteiger partial charge < -0.3 is 14.8 Å². The monoisotopic (exact) mass is 328 g/mol. The first-order valence-electron chi connectivity index (χ1n) is 8.19. The molecule has 0 radical (unpaired) electrons. The van der Waals surface area contributed by atoms with Crippen molar-refractivity contribution in [2.24, 2.45) is 5.92 Å². The molecule has 1 aliphatic heterocycles. The van der Waals surface area contributed by atoms with E-state index in [1.165, 1.54) is 12.8 Å². The Kier molecular flexibility index (Phi) is 7.05. The van der Waals surface area contributed by atoms with Gasteiger partial charge in [0.25, 0.3) is 0 Å². The molecule has 0 saturated carbocycles. The molecule has 1 aromatic rings. The predicted octanol–water partition coefficient (Wildman–Crippen LogP) is 3.12. The summed E-state index contributed by atoms with van der Waals surface area (Å²) >= 11 is 0. The molecule has 23 heavy (non-hydrogen) atoms. The fraction of sp³-hybridized carbons (Fsp3) is 0.647. The van der Waals surface area contributed by atoms with Crippen LogP contribution < -0.4 is 14.8 Å². The number of ether oxygens (including phenoxy) is 2. The van der Waals surface area contributed by atoms with Gasteiger partial charge in [-0.05, 0) is 70.1 Å². The molecule has 1 heterocycles. The van der Waals surface area contributed by atoms with Gasteiger partial charge in [-0.1, -0.05) is 6.07 Å². The maximum absolute atomic E-state index is 12.4. The summed E-state index contributed by atoms with van der Waals surface area (Å²) in [6.07, 6.45) is 2.37. The van der Waals surface area contributed by atoms with E-state index in [4.69, 9.17) is 4.74 Å². The Bertz CT molecular complexity index is 478. The molecule has 0 aliphatic carbocycles. The van der Waals surface area contributed by atoms with Crippen molar-refractivity contribution < 1.29 is 18.3 Å². The van der Waals surface area contributed by atoms with E-state index >= 15 is 0 Å². The van der Waals surface area contributed by atoms with Crippen LogP contribution in [-0.2, 0) is 6.54 Å². The van der Waals surface area contributed by atoms with Crippen LogP contribution in [0.15, 0.2) is 18.2 Å². The van der Waals surface area contributed by atoms with Crippen LogP contribution >= 0.6 is 0 Å². The topological polar surface area (TPSA) is 33.7 Å². The predicted molar refractivity (Wildman–Crippen MR) is 86.2 cm³/mol. The van der Waals surface area contributed by atoms with Crippen LogP contribution in [0.5, 0.6) is 11.5 Å². The summed E-state index contributed by atoms with van der Waals surface area (Å²) < 4.78 is 34.8. The fourth-order valence-corrected chi connectivity index (χ4v) is 3.01. The van der Waals surface area contributed by atoms with Crippen molar-refractivity contribution in [2.45, 2.75) is 32.9 Å². The summed E-state index contributed by atoms with van der Waals surface area (Å²) in [6.45, 7) is 3.40. The van der Waals surface area contributed by atoms with Gasteiger partial charge in [0.2, 0.25) is 0 Å². The molecule has 0 unspecified atom stereocenters. The van der Waals surface area contributed by atoms with Crippen molar-refractivity contribution in [3.63, 3.8) is 0 Å². The molecule has 4 nitrogen and oxygen atoms in total. The molecule has 1 N–H and O–H groups in total. The quantitative estimate of drug-likeness (QED) is 0.795. The van der Waals surface area contributed by atoms with E-state index in [2.05, 4.69) is 15.0 Å². The molecular formula is C17H26F2N2O2. The fourth-order valence-electron chi connectivity index (χ4n) is 3.01. The number of rotatable bonds is 8. The SMILES string of the molecule is CCOc1cc(CN2CCC(CNC)CC2)ccc1OC(F)F. The number of alkyl halides is 2. The Morgan fingerprint density at radius 3 is 2.61 bits per heavy atom. The number of nitrogens with zero attached hydrogens (tertiary/aromatic N) is 1. The zero-order valence-electron chi connectivity index (χ0n) is 13.9. The van der Waals surface area contributed by atoms with E-state index in [0.717, 1.165) is 37.7 Å².